The number of hydrazine groups is 2. The average molecular weight is 552 g/mol. The first-order valence-corrected chi connectivity index (χ1v) is 13.0. The number of carbonyl (C=O) groups is 5. The van der Waals surface area contributed by atoms with E-state index in [-0.39, 0.29) is 56.2 Å². The van der Waals surface area contributed by atoms with Gasteiger partial charge in [0.25, 0.3) is 5.91 Å². The fraction of sp³-hybridized carbons (Fsp3) is 0.370. The molecule has 3 N–H and O–H groups in total. The van der Waals surface area contributed by atoms with Crippen molar-refractivity contribution in [3.05, 3.63) is 65.7 Å². The Bertz CT molecular complexity index is 1290. The maximum Gasteiger partial charge on any atom is 0.358 e. The van der Waals surface area contributed by atoms with Crippen LogP contribution in [-0.2, 0) is 30.5 Å². The molecule has 210 valence electrons. The van der Waals surface area contributed by atoms with Crippen LogP contribution in [0.2, 0.25) is 0 Å². The van der Waals surface area contributed by atoms with Gasteiger partial charge in [0, 0.05) is 18.5 Å². The van der Waals surface area contributed by atoms with E-state index in [9.17, 15) is 29.1 Å². The van der Waals surface area contributed by atoms with Crippen molar-refractivity contribution >= 4 is 29.7 Å². The number of urea groups is 1. The second kappa shape index (κ2) is 11.6. The first-order chi connectivity index (χ1) is 19.3. The Morgan fingerprint density at radius 3 is 2.52 bits per heavy atom. The van der Waals surface area contributed by atoms with Crippen LogP contribution < -0.4 is 10.7 Å². The number of nitrogens with zero attached hydrogens (tertiary/aromatic N) is 3. The number of carbonyl (C=O) groups excluding carboxylic acids is 5. The van der Waals surface area contributed by atoms with Crippen LogP contribution in [0.25, 0.3) is 0 Å². The summed E-state index contributed by atoms with van der Waals surface area (Å²) in [5.41, 5.74) is 3.56. The number of amides is 5. The lowest BCUT2D eigenvalue weighted by atomic mass is 10.1. The van der Waals surface area contributed by atoms with Crippen molar-refractivity contribution < 1.29 is 38.6 Å². The summed E-state index contributed by atoms with van der Waals surface area (Å²) < 4.78 is 11.0. The molecule has 0 bridgehead atoms. The summed E-state index contributed by atoms with van der Waals surface area (Å²) in [5.74, 6) is -2.11. The smallest absolute Gasteiger partial charge is 0.358 e. The molecule has 5 rings (SSSR count). The number of esters is 1. The van der Waals surface area contributed by atoms with Crippen LogP contribution in [-0.4, -0.2) is 81.3 Å². The molecule has 3 saturated heterocycles. The van der Waals surface area contributed by atoms with E-state index in [1.165, 1.54) is 29.3 Å². The number of hydrogen-bond donors (Lipinski definition) is 3. The Hall–Kier alpha value is -4.65. The molecule has 3 fully saturated rings. The third-order valence-corrected chi connectivity index (χ3v) is 6.88. The summed E-state index contributed by atoms with van der Waals surface area (Å²) in [7, 11) is 0. The molecule has 3 atom stereocenters. The Balaban J connectivity index is 1.29. The van der Waals surface area contributed by atoms with Gasteiger partial charge in [0.05, 0.1) is 19.6 Å². The zero-order valence-electron chi connectivity index (χ0n) is 21.5. The summed E-state index contributed by atoms with van der Waals surface area (Å²) in [6, 6.07) is 12.1. The van der Waals surface area contributed by atoms with Crippen LogP contribution in [0.4, 0.5) is 4.79 Å². The van der Waals surface area contributed by atoms with Gasteiger partial charge in [-0.25, -0.2) is 19.8 Å². The predicted molar refractivity (Wildman–Crippen MR) is 137 cm³/mol. The average Bonchev–Trinajstić information content (AvgIpc) is 3.26. The minimum absolute atomic E-state index is 0.0205. The van der Waals surface area contributed by atoms with Crippen molar-refractivity contribution in [3.8, 4) is 5.75 Å². The number of nitrogens with one attached hydrogen (secondary N) is 2. The van der Waals surface area contributed by atoms with E-state index in [1.807, 2.05) is 30.3 Å². The predicted octanol–water partition coefficient (Wildman–Crippen LogP) is 1.05. The number of rotatable bonds is 7. The molecule has 13 heteroatoms. The van der Waals surface area contributed by atoms with E-state index in [4.69, 9.17) is 9.47 Å². The van der Waals surface area contributed by atoms with Gasteiger partial charge in [-0.05, 0) is 42.7 Å². The van der Waals surface area contributed by atoms with Crippen molar-refractivity contribution in [2.75, 3.05) is 13.1 Å². The highest BCUT2D eigenvalue weighted by Crippen LogP contribution is 2.25. The largest absolute Gasteiger partial charge is 0.508 e. The van der Waals surface area contributed by atoms with Gasteiger partial charge < -0.3 is 19.9 Å². The van der Waals surface area contributed by atoms with Crippen LogP contribution in [0.15, 0.2) is 54.6 Å². The van der Waals surface area contributed by atoms with Crippen LogP contribution in [0, 0.1) is 0 Å². The fourth-order valence-corrected chi connectivity index (χ4v) is 4.85. The molecular formula is C27H29N5O8. The number of fused-ring (bicyclic) bond motifs is 1. The number of cyclic esters (lactones) is 1. The van der Waals surface area contributed by atoms with E-state index in [0.717, 1.165) is 15.6 Å². The van der Waals surface area contributed by atoms with Crippen LogP contribution in [0.5, 0.6) is 5.75 Å². The number of aromatic hydroxyl groups is 1. The van der Waals surface area contributed by atoms with Crippen molar-refractivity contribution in [3.63, 3.8) is 0 Å². The Morgan fingerprint density at radius 2 is 1.77 bits per heavy atom. The second-order valence-electron chi connectivity index (χ2n) is 9.67. The highest BCUT2D eigenvalue weighted by molar-refractivity contribution is 5.96. The Kier molecular flexibility index (Phi) is 7.82. The number of benzene rings is 2. The van der Waals surface area contributed by atoms with Gasteiger partial charge in [-0.2, -0.15) is 0 Å². The van der Waals surface area contributed by atoms with Gasteiger partial charge in [-0.1, -0.05) is 30.3 Å². The molecule has 0 unspecified atom stereocenters. The summed E-state index contributed by atoms with van der Waals surface area (Å²) >= 11 is 0. The van der Waals surface area contributed by atoms with E-state index in [0.29, 0.717) is 6.42 Å². The zero-order chi connectivity index (χ0) is 28.2. The van der Waals surface area contributed by atoms with E-state index >= 15 is 0 Å². The molecular weight excluding hydrogens is 522 g/mol. The van der Waals surface area contributed by atoms with Crippen LogP contribution in [0.3, 0.4) is 0 Å². The Morgan fingerprint density at radius 1 is 1.02 bits per heavy atom. The van der Waals surface area contributed by atoms with Gasteiger partial charge in [0.15, 0.2) is 0 Å². The van der Waals surface area contributed by atoms with E-state index < -0.39 is 42.2 Å². The normalized spacial score (nSPS) is 22.9. The van der Waals surface area contributed by atoms with Gasteiger partial charge in [0.2, 0.25) is 18.1 Å². The molecule has 0 spiro atoms. The number of hydrogen-bond acceptors (Lipinski definition) is 8. The van der Waals surface area contributed by atoms with Crippen molar-refractivity contribution in [1.29, 1.82) is 0 Å². The van der Waals surface area contributed by atoms with Gasteiger partial charge >= 0.3 is 12.0 Å². The second-order valence-corrected chi connectivity index (χ2v) is 9.67. The molecule has 3 aliphatic heterocycles. The molecule has 0 radical (unpaired) electrons. The minimum Gasteiger partial charge on any atom is -0.508 e. The summed E-state index contributed by atoms with van der Waals surface area (Å²) in [4.78, 5) is 64.8. The Labute approximate surface area is 229 Å². The standard InChI is InChI=1S/C27H29N5O8/c33-19-10-8-18(9-11-19)24(36)29-30-14-12-22(34)31-13-4-7-21(32(31)27(30)38)25(37)28-20-15-23(35)40-26(20)39-16-17-5-2-1-3-6-17/h1-3,5-6,8-11,20-21,26,33H,4,7,12-16H2,(H,28,37)(H,29,36)/t20-,21-,26+/m0/s1. The first-order valence-electron chi connectivity index (χ1n) is 13.0. The van der Waals surface area contributed by atoms with Crippen LogP contribution >= 0.6 is 0 Å². The van der Waals surface area contributed by atoms with Gasteiger partial charge in [-0.3, -0.25) is 24.6 Å². The molecule has 40 heavy (non-hydrogen) atoms. The topological polar surface area (TPSA) is 158 Å². The molecule has 5 amide bonds. The first kappa shape index (κ1) is 26.9. The van der Waals surface area contributed by atoms with Crippen LogP contribution in [0.1, 0.15) is 41.6 Å². The summed E-state index contributed by atoms with van der Waals surface area (Å²) in [6.07, 6.45) is -0.450. The quantitative estimate of drug-likeness (QED) is 0.431. The zero-order valence-corrected chi connectivity index (χ0v) is 21.5. The highest BCUT2D eigenvalue weighted by atomic mass is 16.7. The summed E-state index contributed by atoms with van der Waals surface area (Å²) in [6.45, 7) is 0.308. The molecule has 3 aliphatic rings. The third kappa shape index (κ3) is 5.83. The number of phenols is 1. The molecule has 0 aromatic heterocycles. The monoisotopic (exact) mass is 551 g/mol. The van der Waals surface area contributed by atoms with Crippen molar-refractivity contribution in [2.45, 2.75) is 50.7 Å². The molecule has 13 nitrogen and oxygen atoms in total. The van der Waals surface area contributed by atoms with Gasteiger partial charge in [0.1, 0.15) is 17.8 Å². The van der Waals surface area contributed by atoms with E-state index in [2.05, 4.69) is 10.7 Å². The number of ether oxygens (including phenoxy) is 2. The van der Waals surface area contributed by atoms with Crippen molar-refractivity contribution in [1.82, 2.24) is 25.8 Å². The maximum atomic E-state index is 13.6. The SMILES string of the molecule is O=C1C[C@H](NC(=O)[C@@H]2CCCN3C(=O)CCN(NC(=O)c4ccc(O)cc4)C(=O)N23)[C@H](OCc2ccccc2)O1. The third-order valence-electron chi connectivity index (χ3n) is 6.88. The molecule has 3 heterocycles. The molecule has 2 aromatic rings. The fourth-order valence-electron chi connectivity index (χ4n) is 4.85. The molecule has 2 aromatic carbocycles. The number of phenolic OH excluding ortho intramolecular Hbond substituents is 1. The maximum absolute atomic E-state index is 13.6. The lowest BCUT2D eigenvalue weighted by Gasteiger charge is -2.43. The molecule has 0 saturated carbocycles. The highest BCUT2D eigenvalue weighted by Gasteiger charge is 2.46. The lowest BCUT2D eigenvalue weighted by Crippen LogP contribution is -2.65. The minimum atomic E-state index is -1.07. The van der Waals surface area contributed by atoms with Gasteiger partial charge in [-0.15, -0.1) is 0 Å². The summed E-state index contributed by atoms with van der Waals surface area (Å²) in [5, 5.41) is 15.6. The van der Waals surface area contributed by atoms with E-state index in [1.54, 1.807) is 0 Å². The lowest BCUT2D eigenvalue weighted by molar-refractivity contribution is -0.169. The van der Waals surface area contributed by atoms with Crippen molar-refractivity contribution in [2.24, 2.45) is 0 Å². The molecule has 0 aliphatic carbocycles.